The minimum Gasteiger partial charge on any atom is -0.468 e. The second-order valence-corrected chi connectivity index (χ2v) is 14.4. The highest BCUT2D eigenvalue weighted by atomic mass is 32.2. The van der Waals surface area contributed by atoms with E-state index in [0.717, 1.165) is 5.56 Å². The standard InChI is InChI=1S/C15H23NO4SSi/c1-20-15(17)14-13(12-8-6-5-7-9-12)16(14)21(18,19)10-11-22(2,3)4/h5-9,13-14H,10-11H2,1-4H3. The molecule has 0 saturated carbocycles. The van der Waals surface area contributed by atoms with Crippen LogP contribution in [-0.2, 0) is 19.6 Å². The van der Waals surface area contributed by atoms with Crippen LogP contribution in [0.25, 0.3) is 0 Å². The molecule has 0 aromatic heterocycles. The van der Waals surface area contributed by atoms with E-state index in [9.17, 15) is 13.2 Å². The summed E-state index contributed by atoms with van der Waals surface area (Å²) in [7, 11) is -3.63. The average Bonchev–Trinajstić information content (AvgIpc) is 3.21. The van der Waals surface area contributed by atoms with Crippen molar-refractivity contribution in [3.63, 3.8) is 0 Å². The Balaban J connectivity index is 2.22. The van der Waals surface area contributed by atoms with Crippen LogP contribution in [0.4, 0.5) is 0 Å². The summed E-state index contributed by atoms with van der Waals surface area (Å²) >= 11 is 0. The first-order chi connectivity index (χ1) is 10.2. The van der Waals surface area contributed by atoms with E-state index in [0.29, 0.717) is 6.04 Å². The molecule has 5 nitrogen and oxygen atoms in total. The van der Waals surface area contributed by atoms with E-state index in [-0.39, 0.29) is 5.75 Å². The number of hydrogen-bond donors (Lipinski definition) is 0. The van der Waals surface area contributed by atoms with Gasteiger partial charge in [-0.1, -0.05) is 50.0 Å². The third kappa shape index (κ3) is 3.77. The Bertz CT molecular complexity index is 639. The number of esters is 1. The van der Waals surface area contributed by atoms with Crippen LogP contribution in [-0.4, -0.2) is 45.7 Å². The van der Waals surface area contributed by atoms with Crippen LogP contribution >= 0.6 is 0 Å². The van der Waals surface area contributed by atoms with Gasteiger partial charge >= 0.3 is 5.97 Å². The van der Waals surface area contributed by atoms with Gasteiger partial charge in [0.05, 0.1) is 18.9 Å². The quantitative estimate of drug-likeness (QED) is 0.452. The summed E-state index contributed by atoms with van der Waals surface area (Å²) in [5, 5.41) is 0. The van der Waals surface area contributed by atoms with Gasteiger partial charge in [0.15, 0.2) is 0 Å². The predicted octanol–water partition coefficient (Wildman–Crippen LogP) is 2.25. The molecule has 0 amide bonds. The molecule has 3 unspecified atom stereocenters. The number of benzene rings is 1. The van der Waals surface area contributed by atoms with E-state index in [1.165, 1.54) is 11.4 Å². The molecule has 122 valence electrons. The second-order valence-electron chi connectivity index (χ2n) is 6.78. The van der Waals surface area contributed by atoms with Crippen molar-refractivity contribution in [1.29, 1.82) is 0 Å². The lowest BCUT2D eigenvalue weighted by Crippen LogP contribution is -2.28. The average molecular weight is 342 g/mol. The molecule has 1 aliphatic rings. The molecular weight excluding hydrogens is 318 g/mol. The third-order valence-corrected chi connectivity index (χ3v) is 7.70. The molecule has 0 spiro atoms. The van der Waals surface area contributed by atoms with Crippen molar-refractivity contribution in [3.05, 3.63) is 35.9 Å². The fourth-order valence-corrected chi connectivity index (χ4v) is 7.20. The van der Waals surface area contributed by atoms with Crippen molar-refractivity contribution >= 4 is 24.1 Å². The van der Waals surface area contributed by atoms with Gasteiger partial charge in [-0.15, -0.1) is 0 Å². The molecule has 0 aliphatic carbocycles. The first kappa shape index (κ1) is 17.2. The van der Waals surface area contributed by atoms with Crippen molar-refractivity contribution in [2.24, 2.45) is 0 Å². The minimum absolute atomic E-state index is 0.0968. The maximum Gasteiger partial charge on any atom is 0.326 e. The van der Waals surface area contributed by atoms with Crippen molar-refractivity contribution < 1.29 is 17.9 Å². The zero-order valence-corrected chi connectivity index (χ0v) is 15.3. The Morgan fingerprint density at radius 2 is 1.82 bits per heavy atom. The zero-order valence-electron chi connectivity index (χ0n) is 13.4. The molecule has 3 atom stereocenters. The van der Waals surface area contributed by atoms with Crippen molar-refractivity contribution in [3.8, 4) is 0 Å². The summed E-state index contributed by atoms with van der Waals surface area (Å²) in [6, 6.07) is 8.76. The normalized spacial score (nSPS) is 24.8. The summed E-state index contributed by atoms with van der Waals surface area (Å²) in [4.78, 5) is 11.9. The maximum absolute atomic E-state index is 12.6. The number of carbonyl (C=O) groups is 1. The summed E-state index contributed by atoms with van der Waals surface area (Å²) < 4.78 is 31.2. The first-order valence-electron chi connectivity index (χ1n) is 7.31. The van der Waals surface area contributed by atoms with Crippen LogP contribution in [0, 0.1) is 0 Å². The summed E-state index contributed by atoms with van der Waals surface area (Å²) in [6.07, 6.45) is 0. The molecule has 1 saturated heterocycles. The largest absolute Gasteiger partial charge is 0.468 e. The van der Waals surface area contributed by atoms with E-state index < -0.39 is 36.2 Å². The number of methoxy groups -OCH3 is 1. The fraction of sp³-hybridized carbons (Fsp3) is 0.533. The van der Waals surface area contributed by atoms with Gasteiger partial charge in [-0.25, -0.2) is 8.42 Å². The lowest BCUT2D eigenvalue weighted by molar-refractivity contribution is -0.140. The van der Waals surface area contributed by atoms with Crippen LogP contribution in [0.2, 0.25) is 25.7 Å². The van der Waals surface area contributed by atoms with E-state index in [1.807, 2.05) is 30.3 Å². The summed E-state index contributed by atoms with van der Waals surface area (Å²) in [5.74, 6) is -0.398. The molecule has 1 heterocycles. The Morgan fingerprint density at radius 3 is 2.32 bits per heavy atom. The number of carbonyl (C=O) groups excluding carboxylic acids is 1. The lowest BCUT2D eigenvalue weighted by Gasteiger charge is -2.16. The SMILES string of the molecule is COC(=O)C1C(c2ccccc2)N1S(=O)(=O)CC[Si](C)(C)C. The van der Waals surface area contributed by atoms with Crippen molar-refractivity contribution in [1.82, 2.24) is 4.31 Å². The summed E-state index contributed by atoms with van der Waals surface area (Å²) in [5.41, 5.74) is 0.828. The molecule has 1 aliphatic heterocycles. The molecule has 1 aromatic carbocycles. The number of nitrogens with zero attached hydrogens (tertiary/aromatic N) is 1. The van der Waals surface area contributed by atoms with Gasteiger partial charge in [0, 0.05) is 8.07 Å². The molecule has 0 N–H and O–H groups in total. The molecule has 2 rings (SSSR count). The zero-order chi connectivity index (χ0) is 16.5. The number of sulfonamides is 1. The molecule has 0 radical (unpaired) electrons. The highest BCUT2D eigenvalue weighted by Crippen LogP contribution is 2.46. The Hall–Kier alpha value is -1.18. The van der Waals surface area contributed by atoms with Crippen LogP contribution in [0.15, 0.2) is 30.3 Å². The van der Waals surface area contributed by atoms with Gasteiger partial charge in [0.2, 0.25) is 10.0 Å². The number of rotatable bonds is 6. The molecule has 1 aromatic rings. The van der Waals surface area contributed by atoms with E-state index in [2.05, 4.69) is 19.6 Å². The molecule has 0 bridgehead atoms. The van der Waals surface area contributed by atoms with Gasteiger partial charge in [-0.05, 0) is 11.6 Å². The van der Waals surface area contributed by atoms with E-state index >= 15 is 0 Å². The fourth-order valence-electron chi connectivity index (χ4n) is 2.43. The highest BCUT2D eigenvalue weighted by Gasteiger charge is 2.60. The van der Waals surface area contributed by atoms with Gasteiger partial charge in [-0.3, -0.25) is 4.79 Å². The highest BCUT2D eigenvalue weighted by molar-refractivity contribution is 7.89. The molecule has 1 fully saturated rings. The van der Waals surface area contributed by atoms with Crippen LogP contribution in [0.5, 0.6) is 0 Å². The third-order valence-electron chi connectivity index (χ3n) is 3.77. The predicted molar refractivity (Wildman–Crippen MR) is 88.8 cm³/mol. The first-order valence-corrected chi connectivity index (χ1v) is 12.6. The number of ether oxygens (including phenoxy) is 1. The van der Waals surface area contributed by atoms with E-state index in [4.69, 9.17) is 4.74 Å². The van der Waals surface area contributed by atoms with Crippen LogP contribution < -0.4 is 0 Å². The van der Waals surface area contributed by atoms with Gasteiger partial charge < -0.3 is 4.74 Å². The van der Waals surface area contributed by atoms with Crippen molar-refractivity contribution in [2.75, 3.05) is 12.9 Å². The van der Waals surface area contributed by atoms with Crippen LogP contribution in [0.3, 0.4) is 0 Å². The van der Waals surface area contributed by atoms with Crippen LogP contribution in [0.1, 0.15) is 11.6 Å². The smallest absolute Gasteiger partial charge is 0.326 e. The summed E-state index contributed by atoms with van der Waals surface area (Å²) in [6.45, 7) is 6.41. The maximum atomic E-state index is 12.6. The number of hydrogen-bond acceptors (Lipinski definition) is 4. The van der Waals surface area contributed by atoms with Gasteiger partial charge in [0.1, 0.15) is 6.04 Å². The topological polar surface area (TPSA) is 63.5 Å². The lowest BCUT2D eigenvalue weighted by atomic mass is 10.1. The van der Waals surface area contributed by atoms with Crippen molar-refractivity contribution in [2.45, 2.75) is 37.8 Å². The van der Waals surface area contributed by atoms with Gasteiger partial charge in [0.25, 0.3) is 0 Å². The van der Waals surface area contributed by atoms with E-state index in [1.54, 1.807) is 0 Å². The Labute approximate surface area is 133 Å². The second kappa shape index (κ2) is 6.14. The molecule has 7 heteroatoms. The Kier molecular flexibility index (Phi) is 4.79. The Morgan fingerprint density at radius 1 is 1.23 bits per heavy atom. The monoisotopic (exact) mass is 341 g/mol. The minimum atomic E-state index is -3.45. The van der Waals surface area contributed by atoms with Gasteiger partial charge in [-0.2, -0.15) is 4.31 Å². The molecule has 22 heavy (non-hydrogen) atoms. The molecular formula is C15H23NO4SSi.